The number of hydrogen-bond donors (Lipinski definition) is 3. The first kappa shape index (κ1) is 31.3. The van der Waals surface area contributed by atoms with Crippen LogP contribution in [0.25, 0.3) is 0 Å². The van der Waals surface area contributed by atoms with Crippen LogP contribution in [0.15, 0.2) is 54.7 Å². The molecule has 46 heavy (non-hydrogen) atoms. The van der Waals surface area contributed by atoms with Crippen LogP contribution >= 0.6 is 11.6 Å². The number of aromatic nitrogens is 1. The van der Waals surface area contributed by atoms with Gasteiger partial charge < -0.3 is 25.2 Å². The molecule has 2 heterocycles. The van der Waals surface area contributed by atoms with Gasteiger partial charge >= 0.3 is 5.97 Å². The third-order valence-corrected chi connectivity index (χ3v) is 11.4. The predicted octanol–water partition coefficient (Wildman–Crippen LogP) is 7.38. The number of nitrogens with one attached hydrogen (secondary N) is 2. The van der Waals surface area contributed by atoms with Gasteiger partial charge in [-0.2, -0.15) is 0 Å². The van der Waals surface area contributed by atoms with E-state index in [9.17, 15) is 9.90 Å². The summed E-state index contributed by atoms with van der Waals surface area (Å²) < 4.78 is 12.9. The molecule has 1 saturated heterocycles. The van der Waals surface area contributed by atoms with Crippen molar-refractivity contribution in [2.45, 2.75) is 94.6 Å². The first-order valence-corrected chi connectivity index (χ1v) is 17.6. The highest BCUT2D eigenvalue weighted by atomic mass is 35.5. The van der Waals surface area contributed by atoms with E-state index in [0.717, 1.165) is 75.2 Å². The van der Waals surface area contributed by atoms with E-state index in [0.29, 0.717) is 36.3 Å². The molecule has 3 N–H and O–H groups in total. The quantitative estimate of drug-likeness (QED) is 0.212. The highest BCUT2D eigenvalue weighted by Gasteiger charge is 2.54. The van der Waals surface area contributed by atoms with Crippen LogP contribution in [0.2, 0.25) is 5.02 Å². The summed E-state index contributed by atoms with van der Waals surface area (Å²) in [5, 5.41) is 18.0. The summed E-state index contributed by atoms with van der Waals surface area (Å²) >= 11 is 6.27. The van der Waals surface area contributed by atoms with Crippen molar-refractivity contribution in [2.24, 2.45) is 11.8 Å². The maximum atomic E-state index is 12.9. The maximum absolute atomic E-state index is 12.9. The fourth-order valence-corrected chi connectivity index (χ4v) is 8.92. The third kappa shape index (κ3) is 6.21. The highest BCUT2D eigenvalue weighted by molar-refractivity contribution is 6.30. The zero-order valence-electron chi connectivity index (χ0n) is 26.8. The summed E-state index contributed by atoms with van der Waals surface area (Å²) in [6.45, 7) is 4.83. The smallest absolute Gasteiger partial charge is 0.329 e. The minimum atomic E-state index is -1.04. The molecular weight excluding hydrogens is 598 g/mol. The van der Waals surface area contributed by atoms with Crippen molar-refractivity contribution in [3.05, 3.63) is 82.1 Å². The van der Waals surface area contributed by atoms with Crippen molar-refractivity contribution in [1.29, 1.82) is 0 Å². The van der Waals surface area contributed by atoms with Crippen molar-refractivity contribution in [3.8, 4) is 11.5 Å². The van der Waals surface area contributed by atoms with Gasteiger partial charge in [0.05, 0.1) is 6.61 Å². The molecule has 3 aromatic rings. The number of benzene rings is 2. The van der Waals surface area contributed by atoms with Crippen LogP contribution in [0.5, 0.6) is 11.5 Å². The number of fused-ring (bicyclic) bond motifs is 3. The molecule has 244 valence electrons. The van der Waals surface area contributed by atoms with Crippen LogP contribution < -0.4 is 20.1 Å². The molecular formula is C38H46ClN3O4. The Morgan fingerprint density at radius 1 is 1.13 bits per heavy atom. The molecule has 0 radical (unpaired) electrons. The Balaban J connectivity index is 1.13. The summed E-state index contributed by atoms with van der Waals surface area (Å²) in [7, 11) is 0. The van der Waals surface area contributed by atoms with Gasteiger partial charge in [-0.15, -0.1) is 0 Å². The Morgan fingerprint density at radius 3 is 2.76 bits per heavy atom. The van der Waals surface area contributed by atoms with Crippen molar-refractivity contribution in [2.75, 3.05) is 25.0 Å². The first-order valence-electron chi connectivity index (χ1n) is 17.2. The van der Waals surface area contributed by atoms with Gasteiger partial charge in [0.15, 0.2) is 0 Å². The fourth-order valence-electron chi connectivity index (χ4n) is 8.73. The molecule has 2 aromatic carbocycles. The summed E-state index contributed by atoms with van der Waals surface area (Å²) in [5.74, 6) is 1.87. The number of carboxylic acids is 1. The Hall–Kier alpha value is -3.29. The van der Waals surface area contributed by atoms with E-state index in [1.54, 1.807) is 0 Å². The zero-order valence-corrected chi connectivity index (χ0v) is 27.6. The number of nitrogens with zero attached hydrogens (tertiary/aromatic N) is 1. The SMILES string of the molecule is C[C@@H](COc1ccnc2c1CCCC2)CC1Cc2ccc(OC3CCNC3)cc2C12CCC(Nc1cccc(Cl)c1)(C(=O)O)CC2. The standard InChI is InChI=1S/C38H46ClN3O4/c1-25(24-45-35-12-18-41-34-8-3-2-7-32(34)35)19-27-20-26-9-10-30(46-31-11-17-40-23-31)22-33(26)37(27)13-15-38(16-14-37,36(43)44)42-29-6-4-5-28(39)21-29/h4-6,9-10,12,18,21-22,25,27,31,40,42H,2-3,7-8,11,13-17,19-20,23-24H2,1H3,(H,43,44)/t25-,27?,31?,37?,38?/m1/s1. The van der Waals surface area contributed by atoms with Gasteiger partial charge in [0.25, 0.3) is 0 Å². The molecule has 8 heteroatoms. The van der Waals surface area contributed by atoms with Crippen molar-refractivity contribution < 1.29 is 19.4 Å². The van der Waals surface area contributed by atoms with Crippen molar-refractivity contribution >= 4 is 23.3 Å². The maximum Gasteiger partial charge on any atom is 0.329 e. The van der Waals surface area contributed by atoms with Crippen molar-refractivity contribution in [1.82, 2.24) is 10.3 Å². The number of pyridine rings is 1. The Labute approximate surface area is 277 Å². The number of carbonyl (C=O) groups is 1. The van der Waals surface area contributed by atoms with Crippen LogP contribution in [0.1, 0.15) is 80.7 Å². The second-order valence-corrected chi connectivity index (χ2v) is 14.7. The van der Waals surface area contributed by atoms with E-state index < -0.39 is 11.5 Å². The topological polar surface area (TPSA) is 92.7 Å². The molecule has 7 nitrogen and oxygen atoms in total. The summed E-state index contributed by atoms with van der Waals surface area (Å²) in [6, 6.07) is 16.1. The van der Waals surface area contributed by atoms with Gasteiger partial charge in [-0.3, -0.25) is 4.98 Å². The number of rotatable bonds is 10. The normalized spacial score (nSPS) is 27.5. The van der Waals surface area contributed by atoms with E-state index in [4.69, 9.17) is 21.1 Å². The van der Waals surface area contributed by atoms with Gasteiger partial charge in [0, 0.05) is 34.7 Å². The van der Waals surface area contributed by atoms with E-state index in [-0.39, 0.29) is 11.5 Å². The largest absolute Gasteiger partial charge is 0.493 e. The summed E-state index contributed by atoms with van der Waals surface area (Å²) in [4.78, 5) is 17.5. The molecule has 0 amide bonds. The van der Waals surface area contributed by atoms with E-state index in [1.165, 1.54) is 35.2 Å². The average Bonchev–Trinajstić information content (AvgIpc) is 3.67. The Morgan fingerprint density at radius 2 is 1.98 bits per heavy atom. The molecule has 7 rings (SSSR count). The lowest BCUT2D eigenvalue weighted by Gasteiger charge is -2.47. The van der Waals surface area contributed by atoms with Crippen LogP contribution in [-0.2, 0) is 29.5 Å². The van der Waals surface area contributed by atoms with Crippen LogP contribution in [0.3, 0.4) is 0 Å². The van der Waals surface area contributed by atoms with Crippen molar-refractivity contribution in [3.63, 3.8) is 0 Å². The highest BCUT2D eigenvalue weighted by Crippen LogP contribution is 2.56. The number of anilines is 1. The first-order chi connectivity index (χ1) is 22.3. The number of aryl methyl sites for hydroxylation is 1. The molecule has 4 aliphatic rings. The van der Waals surface area contributed by atoms with Gasteiger partial charge in [-0.1, -0.05) is 30.7 Å². The molecule has 1 aromatic heterocycles. The van der Waals surface area contributed by atoms with Crippen LogP contribution in [0, 0.1) is 11.8 Å². The summed E-state index contributed by atoms with van der Waals surface area (Å²) in [5.41, 5.74) is 4.83. The molecule has 1 aliphatic heterocycles. The van der Waals surface area contributed by atoms with Gasteiger partial charge in [0.2, 0.25) is 0 Å². The number of ether oxygens (including phenoxy) is 2. The average molecular weight is 644 g/mol. The minimum Gasteiger partial charge on any atom is -0.493 e. The second-order valence-electron chi connectivity index (χ2n) is 14.2. The lowest BCUT2D eigenvalue weighted by Crippen LogP contribution is -2.53. The molecule has 3 atom stereocenters. The molecule has 2 unspecified atom stereocenters. The molecule has 0 bridgehead atoms. The number of carboxylic acid groups (broad SMARTS) is 1. The second kappa shape index (κ2) is 13.1. The third-order valence-electron chi connectivity index (χ3n) is 11.2. The monoisotopic (exact) mass is 643 g/mol. The molecule has 2 fully saturated rings. The van der Waals surface area contributed by atoms with E-state index in [2.05, 4.69) is 40.7 Å². The lowest BCUT2D eigenvalue weighted by atomic mass is 9.59. The van der Waals surface area contributed by atoms with Crippen LogP contribution in [0.4, 0.5) is 5.69 Å². The number of halogens is 1. The molecule has 1 saturated carbocycles. The Kier molecular flexibility index (Phi) is 8.90. The molecule has 3 aliphatic carbocycles. The van der Waals surface area contributed by atoms with E-state index >= 15 is 0 Å². The van der Waals surface area contributed by atoms with Gasteiger partial charge in [-0.25, -0.2) is 4.79 Å². The van der Waals surface area contributed by atoms with E-state index in [1.807, 2.05) is 36.5 Å². The fraction of sp³-hybridized carbons (Fsp3) is 0.526. The minimum absolute atomic E-state index is 0.109. The van der Waals surface area contributed by atoms with Crippen LogP contribution in [-0.4, -0.2) is 47.4 Å². The molecule has 1 spiro atoms. The van der Waals surface area contributed by atoms with Gasteiger partial charge in [0.1, 0.15) is 23.1 Å². The number of hydrogen-bond acceptors (Lipinski definition) is 6. The lowest BCUT2D eigenvalue weighted by molar-refractivity contribution is -0.144. The summed E-state index contributed by atoms with van der Waals surface area (Å²) in [6.07, 6.45) is 12.3. The zero-order chi connectivity index (χ0) is 31.7. The number of aliphatic carboxylic acids is 1. The van der Waals surface area contributed by atoms with Gasteiger partial charge in [-0.05, 0) is 142 Å². The Bertz CT molecular complexity index is 1560. The predicted molar refractivity (Wildman–Crippen MR) is 181 cm³/mol.